The molecule has 0 aromatic carbocycles. The van der Waals surface area contributed by atoms with Gasteiger partial charge in [-0.15, -0.1) is 0 Å². The van der Waals surface area contributed by atoms with Crippen molar-refractivity contribution in [2.45, 2.75) is 12.8 Å². The highest BCUT2D eigenvalue weighted by Crippen LogP contribution is 2.28. The Hall–Kier alpha value is -2.34. The van der Waals surface area contributed by atoms with Crippen LogP contribution in [-0.2, 0) is 4.79 Å². The Kier molecular flexibility index (Phi) is 5.43. The molecule has 0 aliphatic carbocycles. The third-order valence-electron chi connectivity index (χ3n) is 5.37. The molecule has 0 bridgehead atoms. The highest BCUT2D eigenvalue weighted by atomic mass is 35.5. The van der Waals surface area contributed by atoms with Gasteiger partial charge in [0.2, 0.25) is 5.91 Å². The van der Waals surface area contributed by atoms with E-state index in [1.165, 1.54) is 0 Å². The molecule has 2 aromatic rings. The summed E-state index contributed by atoms with van der Waals surface area (Å²) in [6.07, 6.45) is 5.48. The first-order valence-corrected chi connectivity index (χ1v) is 9.90. The molecule has 0 saturated carbocycles. The van der Waals surface area contributed by atoms with Gasteiger partial charge in [0, 0.05) is 51.7 Å². The Bertz CT molecular complexity index is 779. The van der Waals surface area contributed by atoms with Gasteiger partial charge in [-0.25, -0.2) is 9.97 Å². The number of nitrogens with zero attached hydrogens (tertiary/aromatic N) is 5. The highest BCUT2D eigenvalue weighted by Gasteiger charge is 2.32. The van der Waals surface area contributed by atoms with Crippen LogP contribution in [0, 0.1) is 5.92 Å². The zero-order chi connectivity index (χ0) is 18.6. The summed E-state index contributed by atoms with van der Waals surface area (Å²) < 4.78 is 0. The number of amides is 1. The second-order valence-electron chi connectivity index (χ2n) is 7.09. The molecule has 2 saturated heterocycles. The molecule has 2 aliphatic rings. The summed E-state index contributed by atoms with van der Waals surface area (Å²) in [5.74, 6) is 2.04. The van der Waals surface area contributed by atoms with Crippen LogP contribution in [0.3, 0.4) is 0 Å². The van der Waals surface area contributed by atoms with E-state index in [-0.39, 0.29) is 11.8 Å². The molecule has 2 aliphatic heterocycles. The Labute approximate surface area is 164 Å². The van der Waals surface area contributed by atoms with Gasteiger partial charge in [0.05, 0.1) is 10.9 Å². The number of aromatic nitrogens is 2. The zero-order valence-electron chi connectivity index (χ0n) is 15.3. The number of hydrogen-bond acceptors (Lipinski definition) is 5. The van der Waals surface area contributed by atoms with Crippen LogP contribution in [0.15, 0.2) is 42.7 Å². The second kappa shape index (κ2) is 8.13. The predicted octanol–water partition coefficient (Wildman–Crippen LogP) is 2.70. The lowest BCUT2D eigenvalue weighted by Crippen LogP contribution is -2.52. The minimum Gasteiger partial charge on any atom is -0.355 e. The fraction of sp³-hybridized carbons (Fsp3) is 0.450. The van der Waals surface area contributed by atoms with Crippen LogP contribution >= 0.6 is 11.6 Å². The first-order chi connectivity index (χ1) is 13.2. The molecule has 4 heterocycles. The van der Waals surface area contributed by atoms with Crippen LogP contribution in [0.25, 0.3) is 0 Å². The van der Waals surface area contributed by atoms with E-state index in [2.05, 4.69) is 19.8 Å². The van der Waals surface area contributed by atoms with Gasteiger partial charge in [-0.3, -0.25) is 4.79 Å². The van der Waals surface area contributed by atoms with Crippen molar-refractivity contribution in [1.82, 2.24) is 14.9 Å². The molecule has 1 atom stereocenters. The van der Waals surface area contributed by atoms with Crippen LogP contribution in [0.1, 0.15) is 12.8 Å². The molecule has 142 valence electrons. The van der Waals surface area contributed by atoms with E-state index >= 15 is 0 Å². The van der Waals surface area contributed by atoms with E-state index in [0.717, 1.165) is 57.2 Å². The lowest BCUT2D eigenvalue weighted by molar-refractivity contribution is -0.136. The van der Waals surface area contributed by atoms with Gasteiger partial charge in [0.1, 0.15) is 11.6 Å². The molecular weight excluding hydrogens is 362 g/mol. The molecule has 1 amide bonds. The normalized spacial score (nSPS) is 20.6. The van der Waals surface area contributed by atoms with Crippen molar-refractivity contribution in [3.63, 3.8) is 0 Å². The van der Waals surface area contributed by atoms with Gasteiger partial charge in [-0.1, -0.05) is 17.7 Å². The third-order valence-corrected chi connectivity index (χ3v) is 5.67. The number of carbonyl (C=O) groups is 1. The van der Waals surface area contributed by atoms with E-state index in [1.807, 2.05) is 41.4 Å². The van der Waals surface area contributed by atoms with Gasteiger partial charge in [0.15, 0.2) is 0 Å². The largest absolute Gasteiger partial charge is 0.355 e. The molecule has 7 heteroatoms. The number of pyridine rings is 2. The maximum atomic E-state index is 13.1. The maximum Gasteiger partial charge on any atom is 0.227 e. The van der Waals surface area contributed by atoms with Crippen molar-refractivity contribution < 1.29 is 4.79 Å². The molecule has 0 unspecified atom stereocenters. The van der Waals surface area contributed by atoms with Crippen molar-refractivity contribution in [2.24, 2.45) is 5.92 Å². The SMILES string of the molecule is O=C([C@H]1CCCN(c2ncccc2Cl)C1)N1CCN(c2ccccn2)CC1. The van der Waals surface area contributed by atoms with Gasteiger partial charge < -0.3 is 14.7 Å². The molecule has 27 heavy (non-hydrogen) atoms. The fourth-order valence-corrected chi connectivity index (χ4v) is 4.18. The Morgan fingerprint density at radius 3 is 2.52 bits per heavy atom. The first kappa shape index (κ1) is 18.0. The van der Waals surface area contributed by atoms with E-state index in [9.17, 15) is 4.79 Å². The summed E-state index contributed by atoms with van der Waals surface area (Å²) in [7, 11) is 0. The average molecular weight is 386 g/mol. The van der Waals surface area contributed by atoms with Gasteiger partial charge in [-0.05, 0) is 37.1 Å². The number of anilines is 2. The van der Waals surface area contributed by atoms with Gasteiger partial charge in [-0.2, -0.15) is 0 Å². The lowest BCUT2D eigenvalue weighted by Gasteiger charge is -2.39. The standard InChI is InChI=1S/C20H24ClN5O/c21-17-6-3-9-23-19(17)26-10-4-5-16(15-26)20(27)25-13-11-24(12-14-25)18-7-1-2-8-22-18/h1-3,6-9,16H,4-5,10-15H2/t16-/m0/s1. The average Bonchev–Trinajstić information content (AvgIpc) is 2.74. The van der Waals surface area contributed by atoms with Gasteiger partial charge >= 0.3 is 0 Å². The summed E-state index contributed by atoms with van der Waals surface area (Å²) >= 11 is 6.30. The molecular formula is C20H24ClN5O. The maximum absolute atomic E-state index is 13.1. The molecule has 6 nitrogen and oxygen atoms in total. The summed E-state index contributed by atoms with van der Waals surface area (Å²) in [4.78, 5) is 28.3. The minimum absolute atomic E-state index is 0.0122. The number of halogens is 1. The van der Waals surface area contributed by atoms with Crippen molar-refractivity contribution in [1.29, 1.82) is 0 Å². The monoisotopic (exact) mass is 385 g/mol. The molecule has 2 fully saturated rings. The quantitative estimate of drug-likeness (QED) is 0.813. The molecule has 2 aromatic heterocycles. The lowest BCUT2D eigenvalue weighted by atomic mass is 9.96. The molecule has 0 N–H and O–H groups in total. The third kappa shape index (κ3) is 4.00. The topological polar surface area (TPSA) is 52.6 Å². The minimum atomic E-state index is 0.0122. The Balaban J connectivity index is 1.36. The van der Waals surface area contributed by atoms with Crippen LogP contribution in [-0.4, -0.2) is 60.0 Å². The summed E-state index contributed by atoms with van der Waals surface area (Å²) in [6.45, 7) is 4.73. The smallest absolute Gasteiger partial charge is 0.227 e. The number of piperazine rings is 1. The summed E-state index contributed by atoms with van der Waals surface area (Å²) in [5.41, 5.74) is 0. The number of hydrogen-bond donors (Lipinski definition) is 0. The van der Waals surface area contributed by atoms with Gasteiger partial charge in [0.25, 0.3) is 0 Å². The van der Waals surface area contributed by atoms with Crippen molar-refractivity contribution >= 4 is 29.1 Å². The summed E-state index contributed by atoms with van der Waals surface area (Å²) in [6, 6.07) is 9.63. The molecule has 0 spiro atoms. The highest BCUT2D eigenvalue weighted by molar-refractivity contribution is 6.32. The summed E-state index contributed by atoms with van der Waals surface area (Å²) in [5, 5.41) is 0.648. The first-order valence-electron chi connectivity index (χ1n) is 9.52. The van der Waals surface area contributed by atoms with E-state index in [1.54, 1.807) is 6.20 Å². The number of carbonyl (C=O) groups excluding carboxylic acids is 1. The van der Waals surface area contributed by atoms with Crippen molar-refractivity contribution in [3.8, 4) is 0 Å². The Morgan fingerprint density at radius 2 is 1.78 bits per heavy atom. The van der Waals surface area contributed by atoms with Crippen LogP contribution in [0.2, 0.25) is 5.02 Å². The van der Waals surface area contributed by atoms with Crippen LogP contribution in [0.5, 0.6) is 0 Å². The Morgan fingerprint density at radius 1 is 0.963 bits per heavy atom. The van der Waals surface area contributed by atoms with Crippen LogP contribution < -0.4 is 9.80 Å². The van der Waals surface area contributed by atoms with E-state index in [4.69, 9.17) is 11.6 Å². The fourth-order valence-electron chi connectivity index (χ4n) is 3.94. The van der Waals surface area contributed by atoms with E-state index in [0.29, 0.717) is 11.6 Å². The van der Waals surface area contributed by atoms with Crippen LogP contribution in [0.4, 0.5) is 11.6 Å². The molecule has 0 radical (unpaired) electrons. The second-order valence-corrected chi connectivity index (χ2v) is 7.50. The zero-order valence-corrected chi connectivity index (χ0v) is 16.1. The van der Waals surface area contributed by atoms with E-state index < -0.39 is 0 Å². The van der Waals surface area contributed by atoms with Crippen molar-refractivity contribution in [3.05, 3.63) is 47.7 Å². The number of piperidine rings is 1. The number of rotatable bonds is 3. The van der Waals surface area contributed by atoms with Crippen molar-refractivity contribution in [2.75, 3.05) is 49.1 Å². The molecule has 4 rings (SSSR count). The predicted molar refractivity (Wildman–Crippen MR) is 107 cm³/mol.